The molecular weight excluding hydrogens is 630 g/mol. The van der Waals surface area contributed by atoms with Crippen molar-refractivity contribution >= 4 is 45.9 Å². The van der Waals surface area contributed by atoms with E-state index >= 15 is 0 Å². The van der Waals surface area contributed by atoms with Gasteiger partial charge in [0.25, 0.3) is 0 Å². The van der Waals surface area contributed by atoms with Gasteiger partial charge in [0.05, 0.1) is 35.4 Å². The quantitative estimate of drug-likeness (QED) is 0.121. The van der Waals surface area contributed by atoms with Crippen molar-refractivity contribution in [2.24, 2.45) is 0 Å². The molecule has 0 fully saturated rings. The van der Waals surface area contributed by atoms with E-state index in [1.54, 1.807) is 30.3 Å². The number of ether oxygens (including phenoxy) is 1. The number of nitrogens with zero attached hydrogens (tertiary/aromatic N) is 5. The number of urea groups is 1. The number of nitrogens with one attached hydrogen (secondary N) is 4. The normalized spacial score (nSPS) is 11.2. The number of aryl methyl sites for hydroxylation is 1. The molecule has 0 aliphatic rings. The minimum Gasteiger partial charge on any atom is -0.488 e. The van der Waals surface area contributed by atoms with E-state index in [1.165, 1.54) is 0 Å². The number of hydrogen-bond acceptors (Lipinski definition) is 8. The predicted octanol–water partition coefficient (Wildman–Crippen LogP) is 7.07. The Bertz CT molecular complexity index is 2150. The van der Waals surface area contributed by atoms with E-state index in [0.29, 0.717) is 34.6 Å². The van der Waals surface area contributed by atoms with E-state index < -0.39 is 6.03 Å². The van der Waals surface area contributed by atoms with E-state index in [-0.39, 0.29) is 24.3 Å². The zero-order valence-corrected chi connectivity index (χ0v) is 28.6. The van der Waals surface area contributed by atoms with Crippen LogP contribution < -0.4 is 26.0 Å². The Labute approximate surface area is 290 Å². The van der Waals surface area contributed by atoms with Crippen molar-refractivity contribution in [2.45, 2.75) is 46.1 Å². The maximum Gasteiger partial charge on any atom is 0.324 e. The molecule has 0 unspecified atom stereocenters. The summed E-state index contributed by atoms with van der Waals surface area (Å²) in [5.74, 6) is 2.12. The molecule has 0 saturated heterocycles. The highest BCUT2D eigenvalue weighted by atomic mass is 16.5. The number of fused-ring (bicyclic) bond motifs is 1. The standard InChI is InChI=1S/C38H39N9O3/c1-24-10-12-27(13-11-24)47-35(20-32(46-47)38(2,3)4)45-37(49)43-30-14-15-31(29-9-7-6-8-28(29)30)50-23-25-16-17-41-33(18-25)44-34-22-40-21-26(42-34)19-36(48)39-5/h6-18,20-22H,19,23H2,1-5H3,(H,39,48)(H,41,42,44)(H2,43,45,49). The molecular formula is C38H39N9O3. The summed E-state index contributed by atoms with van der Waals surface area (Å²) in [6.45, 7) is 8.57. The Balaban J connectivity index is 1.16. The number of anilines is 4. The molecule has 254 valence electrons. The Morgan fingerprint density at radius 3 is 2.42 bits per heavy atom. The minimum atomic E-state index is -0.391. The van der Waals surface area contributed by atoms with Crippen LogP contribution in [0.5, 0.6) is 5.75 Å². The molecule has 6 rings (SSSR count). The van der Waals surface area contributed by atoms with Gasteiger partial charge in [-0.3, -0.25) is 15.1 Å². The summed E-state index contributed by atoms with van der Waals surface area (Å²) >= 11 is 0. The summed E-state index contributed by atoms with van der Waals surface area (Å²) in [5.41, 5.74) is 4.70. The first kappa shape index (κ1) is 33.6. The van der Waals surface area contributed by atoms with Crippen molar-refractivity contribution in [2.75, 3.05) is 23.0 Å². The second-order valence-corrected chi connectivity index (χ2v) is 12.9. The molecule has 0 saturated carbocycles. The van der Waals surface area contributed by atoms with Crippen LogP contribution in [0.3, 0.4) is 0 Å². The van der Waals surface area contributed by atoms with Crippen LogP contribution in [0.25, 0.3) is 16.5 Å². The Kier molecular flexibility index (Phi) is 9.70. The summed E-state index contributed by atoms with van der Waals surface area (Å²) < 4.78 is 8.04. The van der Waals surface area contributed by atoms with Crippen LogP contribution in [0, 0.1) is 6.92 Å². The zero-order chi connectivity index (χ0) is 35.3. The van der Waals surface area contributed by atoms with E-state index in [4.69, 9.17) is 9.84 Å². The molecule has 0 atom stereocenters. The molecule has 6 aromatic rings. The fourth-order valence-electron chi connectivity index (χ4n) is 5.22. The van der Waals surface area contributed by atoms with Gasteiger partial charge in [-0.05, 0) is 48.9 Å². The summed E-state index contributed by atoms with van der Waals surface area (Å²) in [6, 6.07) is 24.7. The molecule has 4 N–H and O–H groups in total. The zero-order valence-electron chi connectivity index (χ0n) is 28.6. The maximum absolute atomic E-state index is 13.4. The van der Waals surface area contributed by atoms with Crippen molar-refractivity contribution in [1.29, 1.82) is 0 Å². The SMILES string of the molecule is CNC(=O)Cc1cncc(Nc2cc(COc3ccc(NC(=O)Nc4cc(C(C)(C)C)nn4-c4ccc(C)cc4)c4ccccc34)ccn2)n1. The van der Waals surface area contributed by atoms with Crippen molar-refractivity contribution in [3.8, 4) is 11.4 Å². The van der Waals surface area contributed by atoms with Gasteiger partial charge in [-0.15, -0.1) is 0 Å². The topological polar surface area (TPSA) is 148 Å². The third-order valence-corrected chi connectivity index (χ3v) is 7.91. The molecule has 0 aliphatic heterocycles. The van der Waals surface area contributed by atoms with Crippen molar-refractivity contribution in [3.63, 3.8) is 0 Å². The molecule has 12 heteroatoms. The third-order valence-electron chi connectivity index (χ3n) is 7.91. The lowest BCUT2D eigenvalue weighted by atomic mass is 9.92. The van der Waals surface area contributed by atoms with Crippen molar-refractivity contribution in [1.82, 2.24) is 30.0 Å². The fourth-order valence-corrected chi connectivity index (χ4v) is 5.22. The van der Waals surface area contributed by atoms with Gasteiger partial charge in [-0.2, -0.15) is 5.10 Å². The van der Waals surface area contributed by atoms with Crippen molar-refractivity contribution in [3.05, 3.63) is 120 Å². The van der Waals surface area contributed by atoms with Crippen molar-refractivity contribution < 1.29 is 14.3 Å². The van der Waals surface area contributed by atoms with Gasteiger partial charge < -0.3 is 20.7 Å². The minimum absolute atomic E-state index is 0.130. The van der Waals surface area contributed by atoms with Crippen LogP contribution in [0.1, 0.15) is 43.3 Å². The van der Waals surface area contributed by atoms with Gasteiger partial charge in [0.2, 0.25) is 5.91 Å². The average molecular weight is 670 g/mol. The second kappa shape index (κ2) is 14.4. The van der Waals surface area contributed by atoms with Gasteiger partial charge in [0.15, 0.2) is 0 Å². The highest BCUT2D eigenvalue weighted by Gasteiger charge is 2.22. The Morgan fingerprint density at radius 2 is 1.66 bits per heavy atom. The summed E-state index contributed by atoms with van der Waals surface area (Å²) in [7, 11) is 1.58. The molecule has 12 nitrogen and oxygen atoms in total. The number of likely N-dealkylation sites (N-methyl/N-ethyl adjacent to an activating group) is 1. The molecule has 0 aliphatic carbocycles. The van der Waals surface area contributed by atoms with Gasteiger partial charge in [0.1, 0.15) is 29.8 Å². The number of benzene rings is 3. The van der Waals surface area contributed by atoms with E-state index in [9.17, 15) is 9.59 Å². The number of carbonyl (C=O) groups excluding carboxylic acids is 2. The van der Waals surface area contributed by atoms with Crippen LogP contribution in [0.4, 0.5) is 27.9 Å². The van der Waals surface area contributed by atoms with Crippen LogP contribution in [-0.4, -0.2) is 43.7 Å². The molecule has 0 spiro atoms. The smallest absolute Gasteiger partial charge is 0.324 e. The Morgan fingerprint density at radius 1 is 0.880 bits per heavy atom. The van der Waals surface area contributed by atoms with Gasteiger partial charge in [-0.1, -0.05) is 62.7 Å². The number of rotatable bonds is 10. The Hall–Kier alpha value is -6.30. The van der Waals surface area contributed by atoms with Crippen LogP contribution in [0.15, 0.2) is 97.5 Å². The molecule has 3 aromatic heterocycles. The molecule has 3 amide bonds. The molecule has 50 heavy (non-hydrogen) atoms. The number of amides is 3. The fraction of sp³-hybridized carbons (Fsp3) is 0.211. The highest BCUT2D eigenvalue weighted by Crippen LogP contribution is 2.33. The average Bonchev–Trinajstić information content (AvgIpc) is 3.53. The molecule has 0 bridgehead atoms. The lowest BCUT2D eigenvalue weighted by Crippen LogP contribution is -2.21. The highest BCUT2D eigenvalue weighted by molar-refractivity contribution is 6.07. The lowest BCUT2D eigenvalue weighted by molar-refractivity contribution is -0.120. The van der Waals surface area contributed by atoms with Gasteiger partial charge in [0, 0.05) is 41.7 Å². The first-order valence-corrected chi connectivity index (χ1v) is 16.2. The maximum atomic E-state index is 13.4. The molecule has 3 aromatic carbocycles. The van der Waals surface area contributed by atoms with E-state index in [1.807, 2.05) is 85.8 Å². The monoisotopic (exact) mass is 669 g/mol. The largest absolute Gasteiger partial charge is 0.488 e. The molecule has 3 heterocycles. The van der Waals surface area contributed by atoms with Crippen LogP contribution in [0.2, 0.25) is 0 Å². The number of hydrogen-bond donors (Lipinski definition) is 4. The van der Waals surface area contributed by atoms with Gasteiger partial charge >= 0.3 is 6.03 Å². The lowest BCUT2D eigenvalue weighted by Gasteiger charge is -2.15. The molecule has 0 radical (unpaired) electrons. The summed E-state index contributed by atoms with van der Waals surface area (Å²) in [5, 5.41) is 18.3. The summed E-state index contributed by atoms with van der Waals surface area (Å²) in [6.07, 6.45) is 4.94. The first-order valence-electron chi connectivity index (χ1n) is 16.2. The first-order chi connectivity index (χ1) is 24.1. The van der Waals surface area contributed by atoms with Gasteiger partial charge in [-0.25, -0.2) is 19.4 Å². The van der Waals surface area contributed by atoms with E-state index in [0.717, 1.165) is 33.3 Å². The van der Waals surface area contributed by atoms with E-state index in [2.05, 4.69) is 57.0 Å². The van der Waals surface area contributed by atoms with Crippen LogP contribution >= 0.6 is 0 Å². The number of pyridine rings is 1. The number of aromatic nitrogens is 5. The number of carbonyl (C=O) groups is 2. The predicted molar refractivity (Wildman–Crippen MR) is 195 cm³/mol. The second-order valence-electron chi connectivity index (χ2n) is 12.9. The van der Waals surface area contributed by atoms with Crippen LogP contribution in [-0.2, 0) is 23.2 Å². The third kappa shape index (κ3) is 8.04. The summed E-state index contributed by atoms with van der Waals surface area (Å²) in [4.78, 5) is 38.2.